The lowest BCUT2D eigenvalue weighted by Gasteiger charge is -2.47. The quantitative estimate of drug-likeness (QED) is 0.0818. The van der Waals surface area contributed by atoms with E-state index >= 15 is 0 Å². The van der Waals surface area contributed by atoms with Crippen LogP contribution in [-0.4, -0.2) is 126 Å². The van der Waals surface area contributed by atoms with Crippen molar-refractivity contribution in [3.8, 4) is 0 Å². The number of amides is 6. The Kier molecular flexibility index (Phi) is 17.9. The van der Waals surface area contributed by atoms with E-state index in [0.717, 1.165) is 43.2 Å². The highest BCUT2D eigenvalue weighted by Gasteiger charge is 2.50. The molecule has 4 unspecified atom stereocenters. The van der Waals surface area contributed by atoms with Crippen molar-refractivity contribution in [2.45, 2.75) is 113 Å². The fourth-order valence-electron chi connectivity index (χ4n) is 6.60. The molecule has 0 radical (unpaired) electrons. The maximum absolute atomic E-state index is 13.4. The Morgan fingerprint density at radius 1 is 0.738 bits per heavy atom. The first-order valence-corrected chi connectivity index (χ1v) is 19.4. The number of urea groups is 2. The molecule has 340 valence electrons. The number of alkyl halides is 6. The summed E-state index contributed by atoms with van der Waals surface area (Å²) >= 11 is 0. The van der Waals surface area contributed by atoms with Crippen LogP contribution in [0.1, 0.15) is 56.6 Å². The van der Waals surface area contributed by atoms with E-state index in [-0.39, 0.29) is 36.7 Å². The highest BCUT2D eigenvalue weighted by molar-refractivity contribution is 5.90. The van der Waals surface area contributed by atoms with Gasteiger partial charge in [-0.1, -0.05) is 31.9 Å². The van der Waals surface area contributed by atoms with E-state index in [0.29, 0.717) is 25.0 Å². The second kappa shape index (κ2) is 22.4. The second-order valence-electron chi connectivity index (χ2n) is 14.4. The van der Waals surface area contributed by atoms with Gasteiger partial charge in [0.1, 0.15) is 36.6 Å². The zero-order chi connectivity index (χ0) is 44.9. The summed E-state index contributed by atoms with van der Waals surface area (Å²) in [7, 11) is 0. The van der Waals surface area contributed by atoms with Crippen molar-refractivity contribution in [1.29, 1.82) is 0 Å². The van der Waals surface area contributed by atoms with Gasteiger partial charge in [-0.15, -0.1) is 0 Å². The van der Waals surface area contributed by atoms with Gasteiger partial charge in [0.15, 0.2) is 6.29 Å². The molecular formula is C38H50F6N6O11. The zero-order valence-corrected chi connectivity index (χ0v) is 32.8. The van der Waals surface area contributed by atoms with Crippen molar-refractivity contribution >= 4 is 35.3 Å². The van der Waals surface area contributed by atoms with E-state index in [1.807, 2.05) is 6.92 Å². The molecule has 10 N–H and O–H groups in total. The minimum absolute atomic E-state index is 0.136. The zero-order valence-electron chi connectivity index (χ0n) is 32.8. The monoisotopic (exact) mass is 880 g/mol. The summed E-state index contributed by atoms with van der Waals surface area (Å²) < 4.78 is 97.8. The van der Waals surface area contributed by atoms with E-state index in [1.54, 1.807) is 0 Å². The standard InChI is InChI=1S/C38H50F6N6O11/c1-2-3-4-12-27(53)45-14-7-13-28(54)49-29-25(17-51)59-19-24(48-35(57)46-22-10-5-8-20(15-22)37(39,40)41)33(29)61-34-30(32(56)31(55)26(18-52)60-34)50-36(58)47-23-11-6-9-21(16-23)38(42,43)44/h5-6,8-11,15-16,24-26,29-34,51-52,55-56H,2-4,7,12-14,17-19H2,1H3,(H,45,53)(H,49,54)(H2,46,48,57)(H2,47,50,58)/t24?,25?,26?,29-,30?,31-,32+,33+,34-/m0/s1. The van der Waals surface area contributed by atoms with Gasteiger partial charge < -0.3 is 66.5 Å². The van der Waals surface area contributed by atoms with Crippen LogP contribution < -0.4 is 31.9 Å². The molecule has 17 nitrogen and oxygen atoms in total. The first-order valence-electron chi connectivity index (χ1n) is 19.4. The predicted octanol–water partition coefficient (Wildman–Crippen LogP) is 2.58. The number of aliphatic hydroxyl groups excluding tert-OH is 4. The van der Waals surface area contributed by atoms with Crippen molar-refractivity contribution in [3.63, 3.8) is 0 Å². The van der Waals surface area contributed by atoms with Crippen LogP contribution in [0.5, 0.6) is 0 Å². The molecule has 23 heteroatoms. The van der Waals surface area contributed by atoms with E-state index in [9.17, 15) is 65.9 Å². The number of unbranched alkanes of at least 4 members (excludes halogenated alkanes) is 2. The Balaban J connectivity index is 1.60. The van der Waals surface area contributed by atoms with Gasteiger partial charge in [-0.3, -0.25) is 9.59 Å². The topological polar surface area (TPSA) is 249 Å². The van der Waals surface area contributed by atoms with Gasteiger partial charge in [0.2, 0.25) is 11.8 Å². The number of anilines is 2. The second-order valence-corrected chi connectivity index (χ2v) is 14.4. The van der Waals surface area contributed by atoms with Crippen LogP contribution in [0.15, 0.2) is 48.5 Å². The first kappa shape index (κ1) is 48.9. The molecule has 2 aliphatic rings. The van der Waals surface area contributed by atoms with Crippen LogP contribution in [0.3, 0.4) is 0 Å². The summed E-state index contributed by atoms with van der Waals surface area (Å²) in [4.78, 5) is 51.9. The van der Waals surface area contributed by atoms with Crippen LogP contribution in [0.25, 0.3) is 0 Å². The molecule has 4 rings (SSSR count). The molecule has 2 aliphatic heterocycles. The minimum Gasteiger partial charge on any atom is -0.394 e. The van der Waals surface area contributed by atoms with Gasteiger partial charge in [-0.2, -0.15) is 26.3 Å². The molecule has 2 saturated heterocycles. The molecule has 2 aromatic rings. The van der Waals surface area contributed by atoms with E-state index in [2.05, 4.69) is 31.9 Å². The maximum Gasteiger partial charge on any atom is 0.416 e. The number of halogens is 6. The predicted molar refractivity (Wildman–Crippen MR) is 203 cm³/mol. The summed E-state index contributed by atoms with van der Waals surface area (Å²) in [6.07, 6.45) is -16.9. The molecule has 2 fully saturated rings. The molecule has 0 spiro atoms. The molecule has 0 saturated carbocycles. The lowest BCUT2D eigenvalue weighted by atomic mass is 9.93. The largest absolute Gasteiger partial charge is 0.416 e. The van der Waals surface area contributed by atoms with Gasteiger partial charge >= 0.3 is 24.4 Å². The fourth-order valence-corrected chi connectivity index (χ4v) is 6.60. The third kappa shape index (κ3) is 14.4. The third-order valence-electron chi connectivity index (χ3n) is 9.74. The molecule has 6 amide bonds. The molecule has 61 heavy (non-hydrogen) atoms. The highest BCUT2D eigenvalue weighted by atomic mass is 19.4. The Morgan fingerprint density at radius 3 is 1.87 bits per heavy atom. The van der Waals surface area contributed by atoms with Crippen LogP contribution in [0.2, 0.25) is 0 Å². The molecule has 0 aliphatic carbocycles. The Labute approximate surface area is 345 Å². The van der Waals surface area contributed by atoms with Crippen molar-refractivity contribution < 1.29 is 80.2 Å². The molecule has 0 aromatic heterocycles. The number of carbonyl (C=O) groups excluding carboxylic acids is 4. The number of carbonyl (C=O) groups is 4. The molecule has 0 bridgehead atoms. The van der Waals surface area contributed by atoms with Gasteiger partial charge in [0, 0.05) is 30.8 Å². The van der Waals surface area contributed by atoms with Crippen LogP contribution >= 0.6 is 0 Å². The number of aliphatic hydroxyl groups is 4. The Bertz CT molecular complexity index is 1780. The maximum atomic E-state index is 13.4. The molecule has 2 heterocycles. The molecular weight excluding hydrogens is 830 g/mol. The van der Waals surface area contributed by atoms with Crippen LogP contribution in [0, 0.1) is 0 Å². The Morgan fingerprint density at radius 2 is 1.31 bits per heavy atom. The SMILES string of the molecule is CCCCCC(=O)NCCCC(=O)N[C@H]1C(CO)OCC(NC(=O)Nc2cccc(C(F)(F)F)c2)[C@H]1O[C@@H]1OC(CO)[C@H](O)[C@H](O)C1NC(=O)Nc1cccc(C(F)(F)F)c1. The van der Waals surface area contributed by atoms with Crippen molar-refractivity contribution in [1.82, 2.24) is 21.3 Å². The van der Waals surface area contributed by atoms with Gasteiger partial charge in [-0.25, -0.2) is 9.59 Å². The smallest absolute Gasteiger partial charge is 0.394 e. The van der Waals surface area contributed by atoms with E-state index < -0.39 is 116 Å². The lowest BCUT2D eigenvalue weighted by molar-refractivity contribution is -0.293. The molecule has 2 aromatic carbocycles. The van der Waals surface area contributed by atoms with Gasteiger partial charge in [0.05, 0.1) is 43.0 Å². The van der Waals surface area contributed by atoms with Crippen LogP contribution in [0.4, 0.5) is 47.3 Å². The van der Waals surface area contributed by atoms with Gasteiger partial charge in [0.25, 0.3) is 0 Å². The van der Waals surface area contributed by atoms with Crippen molar-refractivity contribution in [3.05, 3.63) is 59.7 Å². The Hall–Kier alpha value is -4.78. The minimum atomic E-state index is -4.76. The van der Waals surface area contributed by atoms with Crippen LogP contribution in [-0.2, 0) is 36.2 Å². The van der Waals surface area contributed by atoms with E-state index in [1.165, 1.54) is 6.07 Å². The average Bonchev–Trinajstić information content (AvgIpc) is 3.20. The average molecular weight is 881 g/mol. The number of rotatable bonds is 17. The summed E-state index contributed by atoms with van der Waals surface area (Å²) in [6, 6.07) is 0.394. The lowest BCUT2D eigenvalue weighted by Crippen LogP contribution is -2.70. The third-order valence-corrected chi connectivity index (χ3v) is 9.74. The summed E-state index contributed by atoms with van der Waals surface area (Å²) in [5, 5.41) is 56.7. The number of nitrogens with one attached hydrogen (secondary N) is 6. The fraction of sp³-hybridized carbons (Fsp3) is 0.579. The van der Waals surface area contributed by atoms with Gasteiger partial charge in [-0.05, 0) is 49.2 Å². The first-order chi connectivity index (χ1) is 28.8. The summed E-state index contributed by atoms with van der Waals surface area (Å²) in [6.45, 7) is -0.0169. The number of hydrogen-bond donors (Lipinski definition) is 10. The number of benzene rings is 2. The normalized spacial score (nSPS) is 25.5. The van der Waals surface area contributed by atoms with Crippen molar-refractivity contribution in [2.75, 3.05) is 37.0 Å². The highest BCUT2D eigenvalue weighted by Crippen LogP contribution is 2.32. The van der Waals surface area contributed by atoms with E-state index in [4.69, 9.17) is 14.2 Å². The summed E-state index contributed by atoms with van der Waals surface area (Å²) in [5.41, 5.74) is -2.76. The molecule has 9 atom stereocenters. The van der Waals surface area contributed by atoms with Crippen molar-refractivity contribution in [2.24, 2.45) is 0 Å². The number of hydrogen-bond acceptors (Lipinski definition) is 11. The summed E-state index contributed by atoms with van der Waals surface area (Å²) in [5.74, 6) is -0.855. The number of ether oxygens (including phenoxy) is 3.